The predicted molar refractivity (Wildman–Crippen MR) is 34.7 cm³/mol. The van der Waals surface area contributed by atoms with Crippen molar-refractivity contribution in [3.63, 3.8) is 0 Å². The minimum Gasteiger partial charge on any atom is -0.387 e. The first-order valence-corrected chi connectivity index (χ1v) is 3.78. The van der Waals surface area contributed by atoms with E-state index in [9.17, 15) is 4.57 Å². The molecule has 0 aliphatic carbocycles. The van der Waals surface area contributed by atoms with E-state index in [1.165, 1.54) is 0 Å². The molecule has 0 spiro atoms. The standard InChI is InChI=1S/CH3O4PS2/c2-6(3,4)5-1(7)8/h(H,7,8)(H2,2,3,4). The summed E-state index contributed by atoms with van der Waals surface area (Å²) in [5.41, 5.74) is 0. The number of hydrogen-bond acceptors (Lipinski definition) is 3. The molecule has 0 fully saturated rings. The van der Waals surface area contributed by atoms with Crippen LogP contribution in [0.25, 0.3) is 0 Å². The van der Waals surface area contributed by atoms with E-state index in [-0.39, 0.29) is 0 Å². The van der Waals surface area contributed by atoms with Gasteiger partial charge < -0.3 is 4.52 Å². The average Bonchev–Trinajstić information content (AvgIpc) is 1.21. The van der Waals surface area contributed by atoms with E-state index in [0.717, 1.165) is 0 Å². The molecule has 0 bridgehead atoms. The van der Waals surface area contributed by atoms with E-state index >= 15 is 0 Å². The number of thiocarbonyl (C=S) groups is 1. The summed E-state index contributed by atoms with van der Waals surface area (Å²) < 4.78 is 13.0. The van der Waals surface area contributed by atoms with E-state index in [1.54, 1.807) is 0 Å². The van der Waals surface area contributed by atoms with Crippen molar-refractivity contribution in [3.05, 3.63) is 0 Å². The Hall–Kier alpha value is 0.390. The van der Waals surface area contributed by atoms with Crippen LogP contribution in [-0.2, 0) is 9.09 Å². The summed E-state index contributed by atoms with van der Waals surface area (Å²) in [5.74, 6) is 0. The highest BCUT2D eigenvalue weighted by atomic mass is 32.1. The van der Waals surface area contributed by atoms with Crippen LogP contribution in [0.2, 0.25) is 0 Å². The highest BCUT2D eigenvalue weighted by Crippen LogP contribution is 2.36. The maximum atomic E-state index is 9.78. The Labute approximate surface area is 56.5 Å². The van der Waals surface area contributed by atoms with Gasteiger partial charge in [0, 0.05) is 0 Å². The molecular weight excluding hydrogens is 171 g/mol. The summed E-state index contributed by atoms with van der Waals surface area (Å²) in [4.78, 5) is 15.9. The number of phosphoric ester groups is 1. The Balaban J connectivity index is 3.74. The van der Waals surface area contributed by atoms with Gasteiger partial charge in [-0.1, -0.05) is 12.6 Å². The molecule has 0 aromatic rings. The second kappa shape index (κ2) is 2.80. The molecule has 0 aromatic heterocycles. The zero-order valence-electron chi connectivity index (χ0n) is 3.51. The molecule has 0 saturated heterocycles. The fourth-order valence-corrected chi connectivity index (χ4v) is 0.916. The highest BCUT2D eigenvalue weighted by Gasteiger charge is 2.14. The summed E-state index contributed by atoms with van der Waals surface area (Å²) >= 11 is 7.40. The highest BCUT2D eigenvalue weighted by molar-refractivity contribution is 8.11. The first-order chi connectivity index (χ1) is 3.42. The van der Waals surface area contributed by atoms with Gasteiger partial charge in [-0.25, -0.2) is 4.57 Å². The van der Waals surface area contributed by atoms with Crippen LogP contribution < -0.4 is 0 Å². The maximum absolute atomic E-state index is 9.78. The molecule has 0 atom stereocenters. The van der Waals surface area contributed by atoms with Crippen molar-refractivity contribution < 1.29 is 18.9 Å². The molecule has 2 N–H and O–H groups in total. The number of rotatable bonds is 1. The summed E-state index contributed by atoms with van der Waals surface area (Å²) in [7, 11) is -4.44. The van der Waals surface area contributed by atoms with E-state index < -0.39 is 12.2 Å². The average molecular weight is 174 g/mol. The van der Waals surface area contributed by atoms with E-state index in [2.05, 4.69) is 29.4 Å². The lowest BCUT2D eigenvalue weighted by atomic mass is 11.7. The van der Waals surface area contributed by atoms with Crippen LogP contribution in [0.1, 0.15) is 0 Å². The molecule has 0 aliphatic rings. The zero-order chi connectivity index (χ0) is 6.78. The van der Waals surface area contributed by atoms with Crippen molar-refractivity contribution in [1.29, 1.82) is 0 Å². The van der Waals surface area contributed by atoms with Crippen molar-refractivity contribution in [2.75, 3.05) is 0 Å². The van der Waals surface area contributed by atoms with Crippen LogP contribution in [0.5, 0.6) is 0 Å². The SMILES string of the molecule is O=P(O)(O)OC(=S)S. The zero-order valence-corrected chi connectivity index (χ0v) is 6.12. The largest absolute Gasteiger partial charge is 0.525 e. The quantitative estimate of drug-likeness (QED) is 0.303. The lowest BCUT2D eigenvalue weighted by Gasteiger charge is -2.00. The van der Waals surface area contributed by atoms with Gasteiger partial charge in [-0.3, -0.25) is 9.79 Å². The monoisotopic (exact) mass is 174 g/mol. The van der Waals surface area contributed by atoms with E-state index in [1.807, 2.05) is 0 Å². The van der Waals surface area contributed by atoms with Crippen molar-refractivity contribution in [1.82, 2.24) is 0 Å². The summed E-state index contributed by atoms with van der Waals surface area (Å²) in [6.45, 7) is 0. The lowest BCUT2D eigenvalue weighted by molar-refractivity contribution is 0.284. The van der Waals surface area contributed by atoms with E-state index in [0.29, 0.717) is 0 Å². The lowest BCUT2D eigenvalue weighted by Crippen LogP contribution is -1.88. The second-order valence-corrected chi connectivity index (χ2v) is 3.09. The fourth-order valence-electron chi connectivity index (χ4n) is 0.102. The minimum absolute atomic E-state index is 0.460. The van der Waals surface area contributed by atoms with Crippen LogP contribution in [0, 0.1) is 0 Å². The van der Waals surface area contributed by atoms with Crippen LogP contribution >= 0.6 is 32.7 Å². The molecule has 0 heterocycles. The third-order valence-electron chi connectivity index (χ3n) is 0.197. The van der Waals surface area contributed by atoms with E-state index in [4.69, 9.17) is 9.79 Å². The normalized spacial score (nSPS) is 10.9. The topological polar surface area (TPSA) is 66.8 Å². The van der Waals surface area contributed by atoms with Gasteiger partial charge in [-0.15, -0.1) is 0 Å². The third-order valence-corrected chi connectivity index (χ3v) is 1.06. The maximum Gasteiger partial charge on any atom is 0.525 e. The molecule has 4 nitrogen and oxygen atoms in total. The second-order valence-electron chi connectivity index (χ2n) is 0.848. The Morgan fingerprint density at radius 1 is 1.75 bits per heavy atom. The van der Waals surface area contributed by atoms with Gasteiger partial charge >= 0.3 is 7.82 Å². The predicted octanol–water partition coefficient (Wildman–Crippen LogP) is 0.310. The number of thiol groups is 1. The first-order valence-electron chi connectivity index (χ1n) is 1.40. The van der Waals surface area contributed by atoms with Gasteiger partial charge in [0.15, 0.2) is 0 Å². The molecular formula is CH3O4PS2. The van der Waals surface area contributed by atoms with Gasteiger partial charge in [0.2, 0.25) is 4.38 Å². The summed E-state index contributed by atoms with van der Waals surface area (Å²) in [6.07, 6.45) is 0. The summed E-state index contributed by atoms with van der Waals surface area (Å²) in [5, 5.41) is 0. The minimum atomic E-state index is -4.44. The Morgan fingerprint density at radius 3 is 2.12 bits per heavy atom. The smallest absolute Gasteiger partial charge is 0.387 e. The number of hydrogen-bond donors (Lipinski definition) is 3. The van der Waals surface area contributed by atoms with Gasteiger partial charge in [0.1, 0.15) is 0 Å². The van der Waals surface area contributed by atoms with Gasteiger partial charge in [-0.05, 0) is 12.2 Å². The van der Waals surface area contributed by atoms with Gasteiger partial charge in [0.25, 0.3) is 0 Å². The van der Waals surface area contributed by atoms with Crippen LogP contribution in [0.4, 0.5) is 0 Å². The Morgan fingerprint density at radius 2 is 2.12 bits per heavy atom. The molecule has 0 saturated carbocycles. The van der Waals surface area contributed by atoms with Crippen LogP contribution in [-0.4, -0.2) is 14.2 Å². The fraction of sp³-hybridized carbons (Fsp3) is 0. The van der Waals surface area contributed by atoms with Crippen molar-refractivity contribution >= 4 is 37.1 Å². The molecule has 8 heavy (non-hydrogen) atoms. The molecule has 0 unspecified atom stereocenters. The first kappa shape index (κ1) is 8.39. The Bertz CT molecular complexity index is 137. The summed E-state index contributed by atoms with van der Waals surface area (Å²) in [6, 6.07) is 0. The van der Waals surface area contributed by atoms with Gasteiger partial charge in [0.05, 0.1) is 0 Å². The molecule has 48 valence electrons. The molecule has 0 rings (SSSR count). The van der Waals surface area contributed by atoms with Crippen molar-refractivity contribution in [3.8, 4) is 0 Å². The molecule has 0 aliphatic heterocycles. The number of phosphoric acid groups is 1. The third kappa shape index (κ3) is 6.39. The molecule has 0 amide bonds. The van der Waals surface area contributed by atoms with Crippen molar-refractivity contribution in [2.45, 2.75) is 0 Å². The van der Waals surface area contributed by atoms with Crippen molar-refractivity contribution in [2.24, 2.45) is 0 Å². The van der Waals surface area contributed by atoms with Crippen LogP contribution in [0.15, 0.2) is 0 Å². The molecule has 0 radical (unpaired) electrons. The molecule has 0 aromatic carbocycles. The Kier molecular flexibility index (Phi) is 2.93. The van der Waals surface area contributed by atoms with Gasteiger partial charge in [-0.2, -0.15) is 0 Å². The molecule has 7 heteroatoms. The van der Waals surface area contributed by atoms with Crippen LogP contribution in [0.3, 0.4) is 0 Å².